The van der Waals surface area contributed by atoms with Crippen LogP contribution < -0.4 is 0 Å². The minimum absolute atomic E-state index is 0.000301. The zero-order valence-corrected chi connectivity index (χ0v) is 9.79. The van der Waals surface area contributed by atoms with Gasteiger partial charge in [-0.05, 0) is 28.1 Å². The predicted octanol–water partition coefficient (Wildman–Crippen LogP) is 1.65. The zero-order valence-electron chi connectivity index (χ0n) is 8.20. The number of likely N-dealkylation sites (N-methyl/N-ethyl adjacent to an activating group) is 1. The third-order valence-electron chi connectivity index (χ3n) is 1.96. The lowest BCUT2D eigenvalue weighted by molar-refractivity contribution is 0.0762. The van der Waals surface area contributed by atoms with E-state index in [4.69, 9.17) is 5.11 Å². The summed E-state index contributed by atoms with van der Waals surface area (Å²) >= 11 is 3.01. The molecule has 0 aromatic heterocycles. The number of hydrogen-bond acceptors (Lipinski definition) is 2. The first kappa shape index (κ1) is 12.1. The van der Waals surface area contributed by atoms with Gasteiger partial charge in [0.25, 0.3) is 5.91 Å². The lowest BCUT2D eigenvalue weighted by atomic mass is 10.2. The van der Waals surface area contributed by atoms with E-state index in [-0.39, 0.29) is 23.2 Å². The van der Waals surface area contributed by atoms with Gasteiger partial charge in [-0.15, -0.1) is 0 Å². The highest BCUT2D eigenvalue weighted by molar-refractivity contribution is 9.10. The van der Waals surface area contributed by atoms with Crippen molar-refractivity contribution in [2.24, 2.45) is 0 Å². The van der Waals surface area contributed by atoms with Crippen LogP contribution in [0.4, 0.5) is 4.39 Å². The van der Waals surface area contributed by atoms with E-state index in [2.05, 4.69) is 15.9 Å². The smallest absolute Gasteiger partial charge is 0.256 e. The van der Waals surface area contributed by atoms with Gasteiger partial charge in [0.15, 0.2) is 0 Å². The maximum Gasteiger partial charge on any atom is 0.256 e. The van der Waals surface area contributed by atoms with Crippen LogP contribution in [0.1, 0.15) is 10.4 Å². The van der Waals surface area contributed by atoms with Gasteiger partial charge < -0.3 is 10.0 Å². The molecule has 5 heteroatoms. The van der Waals surface area contributed by atoms with Crippen molar-refractivity contribution in [2.75, 3.05) is 20.2 Å². The van der Waals surface area contributed by atoms with Crippen LogP contribution >= 0.6 is 15.9 Å². The molecule has 15 heavy (non-hydrogen) atoms. The maximum absolute atomic E-state index is 13.5. The predicted molar refractivity (Wildman–Crippen MR) is 58.1 cm³/mol. The Hall–Kier alpha value is -0.940. The minimum Gasteiger partial charge on any atom is -0.395 e. The van der Waals surface area contributed by atoms with Gasteiger partial charge in [-0.1, -0.05) is 6.07 Å². The molecular weight excluding hydrogens is 265 g/mol. The molecule has 82 valence electrons. The average molecular weight is 276 g/mol. The Balaban J connectivity index is 2.96. The Bertz CT molecular complexity index is 370. The minimum atomic E-state index is -0.577. The van der Waals surface area contributed by atoms with E-state index >= 15 is 0 Å². The molecule has 0 unspecified atom stereocenters. The van der Waals surface area contributed by atoms with E-state index in [1.54, 1.807) is 6.07 Å². The molecular formula is C10H11BrFNO2. The summed E-state index contributed by atoms with van der Waals surface area (Å²) in [6, 6.07) is 4.53. The number of aliphatic hydroxyl groups is 1. The highest BCUT2D eigenvalue weighted by Crippen LogP contribution is 2.19. The van der Waals surface area contributed by atoms with Crippen LogP contribution in [-0.2, 0) is 0 Å². The van der Waals surface area contributed by atoms with Crippen LogP contribution in [0.5, 0.6) is 0 Å². The Kier molecular flexibility index (Phi) is 4.23. The normalized spacial score (nSPS) is 10.1. The van der Waals surface area contributed by atoms with Crippen molar-refractivity contribution < 1.29 is 14.3 Å². The molecule has 0 aliphatic heterocycles. The molecule has 0 spiro atoms. The number of amides is 1. The molecule has 0 saturated heterocycles. The van der Waals surface area contributed by atoms with Gasteiger partial charge in [0.05, 0.1) is 16.6 Å². The fourth-order valence-corrected chi connectivity index (χ4v) is 1.49. The third-order valence-corrected chi connectivity index (χ3v) is 2.58. The van der Waals surface area contributed by atoms with Crippen LogP contribution in [-0.4, -0.2) is 36.1 Å². The van der Waals surface area contributed by atoms with Gasteiger partial charge in [0.1, 0.15) is 5.82 Å². The van der Waals surface area contributed by atoms with Gasteiger partial charge in [-0.25, -0.2) is 4.39 Å². The molecule has 0 heterocycles. The van der Waals surface area contributed by atoms with Crippen LogP contribution in [0.3, 0.4) is 0 Å². The molecule has 1 aromatic rings. The van der Waals surface area contributed by atoms with Crippen LogP contribution in [0.25, 0.3) is 0 Å². The van der Waals surface area contributed by atoms with Crippen LogP contribution in [0.15, 0.2) is 22.7 Å². The van der Waals surface area contributed by atoms with Gasteiger partial charge >= 0.3 is 0 Å². The fourth-order valence-electron chi connectivity index (χ4n) is 1.13. The van der Waals surface area contributed by atoms with E-state index in [9.17, 15) is 9.18 Å². The molecule has 0 fully saturated rings. The summed E-state index contributed by atoms with van der Waals surface area (Å²) in [5, 5.41) is 8.66. The van der Waals surface area contributed by atoms with Gasteiger partial charge in [0.2, 0.25) is 0 Å². The maximum atomic E-state index is 13.5. The van der Waals surface area contributed by atoms with Crippen molar-refractivity contribution in [2.45, 2.75) is 0 Å². The first-order chi connectivity index (χ1) is 7.07. The quantitative estimate of drug-likeness (QED) is 0.912. The monoisotopic (exact) mass is 275 g/mol. The second-order valence-electron chi connectivity index (χ2n) is 3.05. The molecule has 1 N–H and O–H groups in total. The first-order valence-corrected chi connectivity index (χ1v) is 5.17. The Morgan fingerprint density at radius 1 is 1.60 bits per heavy atom. The van der Waals surface area contributed by atoms with E-state index in [0.717, 1.165) is 0 Å². The van der Waals surface area contributed by atoms with Gasteiger partial charge in [-0.2, -0.15) is 0 Å². The standard InChI is InChI=1S/C10H11BrFNO2/c1-13(5-6-14)10(15)7-3-2-4-8(11)9(7)12/h2-4,14H,5-6H2,1H3. The molecule has 3 nitrogen and oxygen atoms in total. The number of benzene rings is 1. The summed E-state index contributed by atoms with van der Waals surface area (Å²) in [6.07, 6.45) is 0. The SMILES string of the molecule is CN(CCO)C(=O)c1cccc(Br)c1F. The molecule has 0 aliphatic carbocycles. The summed E-state index contributed by atoms with van der Waals surface area (Å²) in [4.78, 5) is 12.9. The Morgan fingerprint density at radius 3 is 2.87 bits per heavy atom. The summed E-state index contributed by atoms with van der Waals surface area (Å²) in [7, 11) is 1.51. The van der Waals surface area contributed by atoms with Crippen molar-refractivity contribution >= 4 is 21.8 Å². The fraction of sp³-hybridized carbons (Fsp3) is 0.300. The van der Waals surface area contributed by atoms with Crippen molar-refractivity contribution in [3.8, 4) is 0 Å². The molecule has 0 saturated carbocycles. The molecule has 0 bridgehead atoms. The average Bonchev–Trinajstić information content (AvgIpc) is 2.21. The van der Waals surface area contributed by atoms with Gasteiger partial charge in [0, 0.05) is 13.6 Å². The van der Waals surface area contributed by atoms with E-state index in [1.807, 2.05) is 0 Å². The number of aliphatic hydroxyl groups excluding tert-OH is 1. The number of carbonyl (C=O) groups is 1. The highest BCUT2D eigenvalue weighted by Gasteiger charge is 2.16. The molecule has 1 amide bonds. The van der Waals surface area contributed by atoms with Crippen molar-refractivity contribution in [1.82, 2.24) is 4.90 Å². The lowest BCUT2D eigenvalue weighted by Gasteiger charge is -2.16. The second-order valence-corrected chi connectivity index (χ2v) is 3.91. The molecule has 1 rings (SSSR count). The molecule has 0 radical (unpaired) electrons. The van der Waals surface area contributed by atoms with E-state index in [1.165, 1.54) is 24.1 Å². The van der Waals surface area contributed by atoms with E-state index < -0.39 is 11.7 Å². The third kappa shape index (κ3) is 2.76. The summed E-state index contributed by atoms with van der Waals surface area (Å²) < 4.78 is 13.8. The number of rotatable bonds is 3. The molecule has 0 atom stereocenters. The zero-order chi connectivity index (χ0) is 11.4. The molecule has 1 aromatic carbocycles. The number of carbonyl (C=O) groups excluding carboxylic acids is 1. The Morgan fingerprint density at radius 2 is 2.27 bits per heavy atom. The summed E-state index contributed by atoms with van der Waals surface area (Å²) in [5.41, 5.74) is 0.000301. The van der Waals surface area contributed by atoms with Crippen molar-refractivity contribution in [1.29, 1.82) is 0 Å². The van der Waals surface area contributed by atoms with Gasteiger partial charge in [-0.3, -0.25) is 4.79 Å². The van der Waals surface area contributed by atoms with E-state index in [0.29, 0.717) is 0 Å². The Labute approximate surface area is 95.6 Å². The lowest BCUT2D eigenvalue weighted by Crippen LogP contribution is -2.30. The molecule has 0 aliphatic rings. The summed E-state index contributed by atoms with van der Waals surface area (Å²) in [6.45, 7) is 0.0443. The van der Waals surface area contributed by atoms with Crippen molar-refractivity contribution in [3.63, 3.8) is 0 Å². The number of hydrogen-bond donors (Lipinski definition) is 1. The van der Waals surface area contributed by atoms with Crippen LogP contribution in [0, 0.1) is 5.82 Å². The largest absolute Gasteiger partial charge is 0.395 e. The first-order valence-electron chi connectivity index (χ1n) is 4.38. The number of nitrogens with zero attached hydrogens (tertiary/aromatic N) is 1. The van der Waals surface area contributed by atoms with Crippen molar-refractivity contribution in [3.05, 3.63) is 34.1 Å². The number of halogens is 2. The second kappa shape index (κ2) is 5.23. The van der Waals surface area contributed by atoms with Crippen LogP contribution in [0.2, 0.25) is 0 Å². The topological polar surface area (TPSA) is 40.5 Å². The summed E-state index contributed by atoms with van der Waals surface area (Å²) in [5.74, 6) is -1.02. The highest BCUT2D eigenvalue weighted by atomic mass is 79.9.